The third-order valence-electron chi connectivity index (χ3n) is 11.7. The number of hydrogen-bond donors (Lipinski definition) is 4. The van der Waals surface area contributed by atoms with Gasteiger partial charge in [-0.3, -0.25) is 4.79 Å². The van der Waals surface area contributed by atoms with Gasteiger partial charge < -0.3 is 20.6 Å². The minimum absolute atomic E-state index is 0.00531. The Morgan fingerprint density at radius 1 is 0.439 bits per heavy atom. The number of aliphatic hydroxyl groups excluding tert-OH is 3. The molecule has 0 radical (unpaired) electrons. The molecule has 0 aromatic rings. The lowest BCUT2D eigenvalue weighted by molar-refractivity contribution is -0.124. The smallest absolute Gasteiger partial charge is 0.222 e. The summed E-state index contributed by atoms with van der Waals surface area (Å²) in [7, 11) is 0. The number of hydrogen-bond acceptors (Lipinski definition) is 4. The molecule has 57 heavy (non-hydrogen) atoms. The first-order valence-corrected chi connectivity index (χ1v) is 25.3. The van der Waals surface area contributed by atoms with Crippen LogP contribution in [0.25, 0.3) is 0 Å². The van der Waals surface area contributed by atoms with E-state index < -0.39 is 18.2 Å². The molecule has 0 aliphatic carbocycles. The molecule has 0 saturated carbocycles. The van der Waals surface area contributed by atoms with E-state index in [0.29, 0.717) is 6.42 Å². The SMILES string of the molecule is CCCCCCCCCCCCCCCC/C=C/CC/C=C/CC/C=C/C(O)C(CO)NC(=O)CC(O)CCCCCCCCCCCCCCCCCCCC. The van der Waals surface area contributed by atoms with Crippen LogP contribution in [0.5, 0.6) is 0 Å². The molecule has 0 aliphatic heterocycles. The van der Waals surface area contributed by atoms with E-state index in [0.717, 1.165) is 38.5 Å². The monoisotopic (exact) mass is 802 g/mol. The molecule has 4 N–H and O–H groups in total. The lowest BCUT2D eigenvalue weighted by atomic mass is 10.0. The minimum Gasteiger partial charge on any atom is -0.394 e. The highest BCUT2D eigenvalue weighted by Crippen LogP contribution is 2.16. The van der Waals surface area contributed by atoms with Crippen LogP contribution in [-0.4, -0.2) is 46.1 Å². The van der Waals surface area contributed by atoms with Crippen molar-refractivity contribution >= 4 is 5.91 Å². The van der Waals surface area contributed by atoms with Gasteiger partial charge in [0.15, 0.2) is 0 Å². The van der Waals surface area contributed by atoms with Crippen molar-refractivity contribution in [3.05, 3.63) is 36.5 Å². The third-order valence-corrected chi connectivity index (χ3v) is 11.7. The number of unbranched alkanes of at least 4 members (excludes halogenated alkanes) is 33. The van der Waals surface area contributed by atoms with Gasteiger partial charge in [0.1, 0.15) is 0 Å². The maximum atomic E-state index is 12.5. The average molecular weight is 802 g/mol. The second-order valence-electron chi connectivity index (χ2n) is 17.4. The summed E-state index contributed by atoms with van der Waals surface area (Å²) in [6.07, 6.45) is 60.2. The van der Waals surface area contributed by atoms with Gasteiger partial charge in [-0.15, -0.1) is 0 Å². The van der Waals surface area contributed by atoms with Gasteiger partial charge >= 0.3 is 0 Å². The molecule has 5 heteroatoms. The lowest BCUT2D eigenvalue weighted by Gasteiger charge is -2.21. The number of allylic oxidation sites excluding steroid dienone is 5. The normalized spacial score (nSPS) is 13.7. The minimum atomic E-state index is -0.958. The van der Waals surface area contributed by atoms with Gasteiger partial charge in [0.2, 0.25) is 5.91 Å². The van der Waals surface area contributed by atoms with Gasteiger partial charge in [-0.2, -0.15) is 0 Å². The molecule has 0 aliphatic rings. The van der Waals surface area contributed by atoms with E-state index in [1.54, 1.807) is 6.08 Å². The molecular weight excluding hydrogens is 703 g/mol. The Labute approximate surface area is 355 Å². The Balaban J connectivity index is 3.67. The highest BCUT2D eigenvalue weighted by atomic mass is 16.3. The van der Waals surface area contributed by atoms with Gasteiger partial charge in [0.25, 0.3) is 0 Å². The van der Waals surface area contributed by atoms with Gasteiger partial charge in [-0.05, 0) is 44.9 Å². The van der Waals surface area contributed by atoms with Crippen molar-refractivity contribution in [2.45, 2.75) is 283 Å². The maximum absolute atomic E-state index is 12.5. The molecule has 0 fully saturated rings. The highest BCUT2D eigenvalue weighted by Gasteiger charge is 2.20. The molecule has 0 bridgehead atoms. The van der Waals surface area contributed by atoms with Crippen LogP contribution < -0.4 is 5.32 Å². The predicted molar refractivity (Wildman–Crippen MR) is 250 cm³/mol. The van der Waals surface area contributed by atoms with Crippen molar-refractivity contribution < 1.29 is 20.1 Å². The molecule has 3 unspecified atom stereocenters. The van der Waals surface area contributed by atoms with Crippen molar-refractivity contribution in [1.82, 2.24) is 5.32 Å². The standard InChI is InChI=1S/C52H99NO4/c1-3-5-7-9-11-13-15-17-19-21-23-24-25-26-27-28-30-32-34-36-38-40-42-44-46-51(56)50(48-54)53-52(57)47-49(55)45-43-41-39-37-35-33-31-29-22-20-18-16-14-12-10-8-6-4-2/h28,30,36,38,44,46,49-51,54-56H,3-27,29,31-35,37,39-43,45,47-48H2,1-2H3,(H,53,57)/b30-28+,38-36+,46-44+. The summed E-state index contributed by atoms with van der Waals surface area (Å²) < 4.78 is 0. The average Bonchev–Trinajstić information content (AvgIpc) is 3.20. The van der Waals surface area contributed by atoms with Crippen LogP contribution >= 0.6 is 0 Å². The van der Waals surface area contributed by atoms with Crippen molar-refractivity contribution in [3.63, 3.8) is 0 Å². The first kappa shape index (κ1) is 55.6. The molecule has 5 nitrogen and oxygen atoms in total. The van der Waals surface area contributed by atoms with Crippen molar-refractivity contribution in [3.8, 4) is 0 Å². The summed E-state index contributed by atoms with van der Waals surface area (Å²) in [4.78, 5) is 12.5. The third kappa shape index (κ3) is 44.0. The first-order valence-electron chi connectivity index (χ1n) is 25.3. The zero-order valence-electron chi connectivity index (χ0n) is 38.2. The fourth-order valence-corrected chi connectivity index (χ4v) is 7.79. The molecule has 3 atom stereocenters. The van der Waals surface area contributed by atoms with E-state index in [4.69, 9.17) is 0 Å². The summed E-state index contributed by atoms with van der Waals surface area (Å²) in [6.45, 7) is 4.22. The van der Waals surface area contributed by atoms with Crippen molar-refractivity contribution in [2.75, 3.05) is 6.61 Å². The molecule has 0 saturated heterocycles. The Morgan fingerprint density at radius 2 is 0.754 bits per heavy atom. The van der Waals surface area contributed by atoms with Gasteiger partial charge in [-0.1, -0.05) is 249 Å². The number of rotatable bonds is 46. The van der Waals surface area contributed by atoms with Crippen molar-refractivity contribution in [2.24, 2.45) is 0 Å². The van der Waals surface area contributed by atoms with Gasteiger partial charge in [0, 0.05) is 0 Å². The van der Waals surface area contributed by atoms with Crippen LogP contribution in [0.1, 0.15) is 264 Å². The number of amides is 1. The van der Waals surface area contributed by atoms with Crippen LogP contribution in [0.2, 0.25) is 0 Å². The Bertz CT molecular complexity index is 885. The van der Waals surface area contributed by atoms with E-state index in [2.05, 4.69) is 43.5 Å². The molecule has 0 spiro atoms. The summed E-state index contributed by atoms with van der Waals surface area (Å²) >= 11 is 0. The van der Waals surface area contributed by atoms with Gasteiger partial charge in [-0.25, -0.2) is 0 Å². The quantitative estimate of drug-likeness (QED) is 0.0365. The van der Waals surface area contributed by atoms with Crippen LogP contribution in [0.4, 0.5) is 0 Å². The summed E-state index contributed by atoms with van der Waals surface area (Å²) in [6, 6.07) is -0.766. The van der Waals surface area contributed by atoms with Crippen LogP contribution in [0, 0.1) is 0 Å². The molecule has 0 aromatic heterocycles. The number of carbonyl (C=O) groups is 1. The molecule has 0 aromatic carbocycles. The summed E-state index contributed by atoms with van der Waals surface area (Å²) in [5, 5.41) is 33.3. The Kier molecular flexibility index (Phi) is 46.1. The van der Waals surface area contributed by atoms with Crippen LogP contribution in [0.3, 0.4) is 0 Å². The summed E-state index contributed by atoms with van der Waals surface area (Å²) in [5.74, 6) is -0.326. The second-order valence-corrected chi connectivity index (χ2v) is 17.4. The first-order chi connectivity index (χ1) is 28.0. The molecule has 1 amide bonds. The highest BCUT2D eigenvalue weighted by molar-refractivity contribution is 5.76. The van der Waals surface area contributed by atoms with Gasteiger partial charge in [0.05, 0.1) is 31.3 Å². The van der Waals surface area contributed by atoms with E-state index in [9.17, 15) is 20.1 Å². The largest absolute Gasteiger partial charge is 0.394 e. The summed E-state index contributed by atoms with van der Waals surface area (Å²) in [5.41, 5.74) is 0. The fourth-order valence-electron chi connectivity index (χ4n) is 7.79. The van der Waals surface area contributed by atoms with E-state index in [1.165, 1.54) is 199 Å². The van der Waals surface area contributed by atoms with Crippen LogP contribution in [-0.2, 0) is 4.79 Å². The lowest BCUT2D eigenvalue weighted by Crippen LogP contribution is -2.45. The van der Waals surface area contributed by atoms with Crippen LogP contribution in [0.15, 0.2) is 36.5 Å². The second kappa shape index (κ2) is 47.3. The number of nitrogens with one attached hydrogen (secondary N) is 1. The van der Waals surface area contributed by atoms with Crippen molar-refractivity contribution in [1.29, 1.82) is 0 Å². The molecular formula is C52H99NO4. The Hall–Kier alpha value is -1.43. The zero-order chi connectivity index (χ0) is 41.5. The fraction of sp³-hybridized carbons (Fsp3) is 0.865. The maximum Gasteiger partial charge on any atom is 0.222 e. The molecule has 0 rings (SSSR count). The van der Waals surface area contributed by atoms with E-state index in [1.807, 2.05) is 6.08 Å². The number of aliphatic hydroxyl groups is 3. The molecule has 0 heterocycles. The topological polar surface area (TPSA) is 89.8 Å². The number of carbonyl (C=O) groups excluding carboxylic acids is 1. The van der Waals surface area contributed by atoms with E-state index in [-0.39, 0.29) is 18.9 Å². The molecule has 336 valence electrons. The zero-order valence-corrected chi connectivity index (χ0v) is 38.2. The Morgan fingerprint density at radius 3 is 1.12 bits per heavy atom. The predicted octanol–water partition coefficient (Wildman–Crippen LogP) is 15.1. The van der Waals surface area contributed by atoms with E-state index >= 15 is 0 Å².